The van der Waals surface area contributed by atoms with Crippen molar-refractivity contribution < 1.29 is 14.8 Å². The molecular formula is C12H9N3O4. The summed E-state index contributed by atoms with van der Waals surface area (Å²) in [7, 11) is 0. The summed E-state index contributed by atoms with van der Waals surface area (Å²) in [5, 5.41) is 22.7. The van der Waals surface area contributed by atoms with Crippen LogP contribution in [0.2, 0.25) is 0 Å². The normalized spacial score (nSPS) is 9.89. The first-order chi connectivity index (χ1) is 9.09. The van der Waals surface area contributed by atoms with Crippen molar-refractivity contribution in [1.29, 1.82) is 0 Å². The molecule has 96 valence electrons. The van der Waals surface area contributed by atoms with Crippen LogP contribution in [0.1, 0.15) is 10.4 Å². The molecule has 2 aromatic rings. The summed E-state index contributed by atoms with van der Waals surface area (Å²) in [5.41, 5.74) is -0.0610. The highest BCUT2D eigenvalue weighted by molar-refractivity contribution is 5.97. The van der Waals surface area contributed by atoms with E-state index in [-0.39, 0.29) is 16.9 Å². The Balaban J connectivity index is 2.52. The number of nitrogens with zero attached hydrogens (tertiary/aromatic N) is 2. The monoisotopic (exact) mass is 259 g/mol. The van der Waals surface area contributed by atoms with E-state index in [4.69, 9.17) is 5.11 Å². The third-order valence-corrected chi connectivity index (χ3v) is 2.40. The predicted molar refractivity (Wildman–Crippen MR) is 67.6 cm³/mol. The second-order valence-corrected chi connectivity index (χ2v) is 3.63. The SMILES string of the molecule is O=C(O)c1cccc([N+](=O)[O-])c1Nc1cccnc1. The minimum Gasteiger partial charge on any atom is -0.478 e. The van der Waals surface area contributed by atoms with Gasteiger partial charge in [-0.3, -0.25) is 15.1 Å². The lowest BCUT2D eigenvalue weighted by Gasteiger charge is -2.09. The Morgan fingerprint density at radius 3 is 2.68 bits per heavy atom. The minimum atomic E-state index is -1.24. The zero-order valence-corrected chi connectivity index (χ0v) is 9.61. The quantitative estimate of drug-likeness (QED) is 0.645. The van der Waals surface area contributed by atoms with Crippen LogP contribution in [0.4, 0.5) is 17.1 Å². The number of aromatic carboxylic acids is 1. The van der Waals surface area contributed by atoms with Crippen LogP contribution in [0.5, 0.6) is 0 Å². The molecule has 1 aromatic heterocycles. The Hall–Kier alpha value is -2.96. The molecule has 0 aliphatic rings. The molecule has 0 aliphatic heterocycles. The van der Waals surface area contributed by atoms with Crippen LogP contribution < -0.4 is 5.32 Å². The Labute approximate surface area is 107 Å². The predicted octanol–water partition coefficient (Wildman–Crippen LogP) is 2.43. The van der Waals surface area contributed by atoms with Crippen molar-refractivity contribution in [3.05, 3.63) is 58.4 Å². The van der Waals surface area contributed by atoms with E-state index in [1.165, 1.54) is 24.4 Å². The van der Waals surface area contributed by atoms with E-state index >= 15 is 0 Å². The number of carboxylic acid groups (broad SMARTS) is 1. The molecule has 0 saturated carbocycles. The average Bonchev–Trinajstić information content (AvgIpc) is 2.39. The number of rotatable bonds is 4. The van der Waals surface area contributed by atoms with Gasteiger partial charge < -0.3 is 10.4 Å². The van der Waals surface area contributed by atoms with Crippen LogP contribution >= 0.6 is 0 Å². The molecule has 1 heterocycles. The number of nitro groups is 1. The molecule has 2 N–H and O–H groups in total. The van der Waals surface area contributed by atoms with E-state index in [2.05, 4.69) is 10.3 Å². The van der Waals surface area contributed by atoms with Crippen LogP contribution in [0.15, 0.2) is 42.7 Å². The van der Waals surface area contributed by atoms with E-state index in [0.29, 0.717) is 5.69 Å². The smallest absolute Gasteiger partial charge is 0.338 e. The van der Waals surface area contributed by atoms with Crippen molar-refractivity contribution in [2.24, 2.45) is 0 Å². The van der Waals surface area contributed by atoms with Crippen LogP contribution in [0.3, 0.4) is 0 Å². The lowest BCUT2D eigenvalue weighted by atomic mass is 10.1. The Kier molecular flexibility index (Phi) is 3.37. The van der Waals surface area contributed by atoms with E-state index < -0.39 is 10.9 Å². The molecule has 19 heavy (non-hydrogen) atoms. The molecule has 7 heteroatoms. The van der Waals surface area contributed by atoms with Gasteiger partial charge in [0.25, 0.3) is 5.69 Å². The third kappa shape index (κ3) is 2.65. The van der Waals surface area contributed by atoms with Crippen molar-refractivity contribution >= 4 is 23.0 Å². The summed E-state index contributed by atoms with van der Waals surface area (Å²) < 4.78 is 0. The molecule has 0 spiro atoms. The lowest BCUT2D eigenvalue weighted by molar-refractivity contribution is -0.383. The Bertz CT molecular complexity index is 596. The summed E-state index contributed by atoms with van der Waals surface area (Å²) in [6.45, 7) is 0. The fourth-order valence-electron chi connectivity index (χ4n) is 1.58. The summed E-state index contributed by atoms with van der Waals surface area (Å²) in [4.78, 5) is 25.3. The first-order valence-electron chi connectivity index (χ1n) is 5.27. The van der Waals surface area contributed by atoms with Gasteiger partial charge in [0.1, 0.15) is 5.69 Å². The number of carbonyl (C=O) groups is 1. The second-order valence-electron chi connectivity index (χ2n) is 3.63. The van der Waals surface area contributed by atoms with Gasteiger partial charge in [0.2, 0.25) is 0 Å². The Morgan fingerprint density at radius 2 is 2.11 bits per heavy atom. The number of benzene rings is 1. The summed E-state index contributed by atoms with van der Waals surface area (Å²) in [6, 6.07) is 7.14. The lowest BCUT2D eigenvalue weighted by Crippen LogP contribution is -2.05. The van der Waals surface area contributed by atoms with Gasteiger partial charge in [0.15, 0.2) is 0 Å². The van der Waals surface area contributed by atoms with Gasteiger partial charge in [-0.25, -0.2) is 4.79 Å². The fourth-order valence-corrected chi connectivity index (χ4v) is 1.58. The highest BCUT2D eigenvalue weighted by Gasteiger charge is 2.21. The first kappa shape index (κ1) is 12.5. The van der Waals surface area contributed by atoms with Crippen molar-refractivity contribution in [2.45, 2.75) is 0 Å². The molecular weight excluding hydrogens is 250 g/mol. The zero-order valence-electron chi connectivity index (χ0n) is 9.61. The first-order valence-corrected chi connectivity index (χ1v) is 5.27. The number of carboxylic acids is 1. The van der Waals surface area contributed by atoms with Gasteiger partial charge in [-0.2, -0.15) is 0 Å². The van der Waals surface area contributed by atoms with Gasteiger partial charge >= 0.3 is 5.97 Å². The third-order valence-electron chi connectivity index (χ3n) is 2.40. The summed E-state index contributed by atoms with van der Waals surface area (Å²) in [5.74, 6) is -1.24. The van der Waals surface area contributed by atoms with Crippen LogP contribution in [0.25, 0.3) is 0 Å². The number of anilines is 2. The van der Waals surface area contributed by atoms with Gasteiger partial charge in [-0.05, 0) is 18.2 Å². The van der Waals surface area contributed by atoms with Crippen LogP contribution in [0, 0.1) is 10.1 Å². The molecule has 0 fully saturated rings. The number of para-hydroxylation sites is 1. The maximum atomic E-state index is 11.1. The summed E-state index contributed by atoms with van der Waals surface area (Å²) >= 11 is 0. The summed E-state index contributed by atoms with van der Waals surface area (Å²) in [6.07, 6.45) is 2.99. The number of pyridine rings is 1. The Morgan fingerprint density at radius 1 is 1.32 bits per heavy atom. The van der Waals surface area contributed by atoms with E-state index in [1.807, 2.05) is 0 Å². The molecule has 0 unspecified atom stereocenters. The average molecular weight is 259 g/mol. The molecule has 1 aromatic carbocycles. The molecule has 0 aliphatic carbocycles. The number of aromatic nitrogens is 1. The molecule has 2 rings (SSSR count). The molecule has 7 nitrogen and oxygen atoms in total. The topological polar surface area (TPSA) is 105 Å². The standard InChI is InChI=1S/C12H9N3O4/c16-12(17)9-4-1-5-10(15(18)19)11(9)14-8-3-2-6-13-7-8/h1-7,14H,(H,16,17). The number of nitrogens with one attached hydrogen (secondary N) is 1. The number of hydrogen-bond donors (Lipinski definition) is 2. The maximum absolute atomic E-state index is 11.1. The van der Waals surface area contributed by atoms with Gasteiger partial charge in [-0.15, -0.1) is 0 Å². The van der Waals surface area contributed by atoms with E-state index in [0.717, 1.165) is 0 Å². The van der Waals surface area contributed by atoms with Gasteiger partial charge in [0.05, 0.1) is 22.4 Å². The van der Waals surface area contributed by atoms with E-state index in [9.17, 15) is 14.9 Å². The van der Waals surface area contributed by atoms with Crippen LogP contribution in [-0.4, -0.2) is 21.0 Å². The highest BCUT2D eigenvalue weighted by atomic mass is 16.6. The highest BCUT2D eigenvalue weighted by Crippen LogP contribution is 2.30. The molecule has 0 amide bonds. The van der Waals surface area contributed by atoms with E-state index in [1.54, 1.807) is 18.3 Å². The number of nitro benzene ring substituents is 1. The molecule has 0 atom stereocenters. The van der Waals surface area contributed by atoms with Crippen molar-refractivity contribution in [1.82, 2.24) is 4.98 Å². The maximum Gasteiger partial charge on any atom is 0.338 e. The van der Waals surface area contributed by atoms with Crippen LogP contribution in [-0.2, 0) is 0 Å². The minimum absolute atomic E-state index is 0.0620. The van der Waals surface area contributed by atoms with Gasteiger partial charge in [0, 0.05) is 12.3 Å². The zero-order chi connectivity index (χ0) is 13.8. The van der Waals surface area contributed by atoms with Crippen molar-refractivity contribution in [3.8, 4) is 0 Å². The molecule has 0 radical (unpaired) electrons. The van der Waals surface area contributed by atoms with Crippen molar-refractivity contribution in [3.63, 3.8) is 0 Å². The molecule has 0 saturated heterocycles. The fraction of sp³-hybridized carbons (Fsp3) is 0. The largest absolute Gasteiger partial charge is 0.478 e. The van der Waals surface area contributed by atoms with Crippen molar-refractivity contribution in [2.75, 3.05) is 5.32 Å². The number of hydrogen-bond acceptors (Lipinski definition) is 5. The van der Waals surface area contributed by atoms with Gasteiger partial charge in [-0.1, -0.05) is 6.07 Å². The molecule has 0 bridgehead atoms. The second kappa shape index (κ2) is 5.13.